The maximum Gasteiger partial charge on any atom is 0.379 e. The lowest BCUT2D eigenvalue weighted by atomic mass is 9.89. The number of nitrogens with zero attached hydrogens (tertiary/aromatic N) is 1. The number of guanidine groups is 1. The third kappa shape index (κ3) is 5.44. The zero-order chi connectivity index (χ0) is 21.4. The van der Waals surface area contributed by atoms with Crippen molar-refractivity contribution in [1.82, 2.24) is 15.5 Å². The number of carbonyl (C=O) groups excluding carboxylic acids is 3. The molecule has 4 amide bonds. The Hall–Kier alpha value is -2.68. The molecule has 0 aromatic rings. The van der Waals surface area contributed by atoms with E-state index in [2.05, 4.69) is 35.7 Å². The molecule has 0 bridgehead atoms. The number of hydrogen-bond acceptors (Lipinski definition) is 4. The van der Waals surface area contributed by atoms with E-state index in [-0.39, 0.29) is 30.9 Å². The number of fused-ring (bicyclic) bond motifs is 1. The molecular weight excluding hydrogens is 374 g/mol. The van der Waals surface area contributed by atoms with Crippen LogP contribution in [0.25, 0.3) is 0 Å². The van der Waals surface area contributed by atoms with Gasteiger partial charge in [0.25, 0.3) is 0 Å². The third-order valence-corrected chi connectivity index (χ3v) is 5.19. The molecule has 29 heavy (non-hydrogen) atoms. The molecule has 0 saturated carbocycles. The van der Waals surface area contributed by atoms with E-state index >= 15 is 0 Å². The van der Waals surface area contributed by atoms with E-state index < -0.39 is 30.1 Å². The maximum atomic E-state index is 12.7. The highest BCUT2D eigenvalue weighted by Crippen LogP contribution is 2.41. The summed E-state index contributed by atoms with van der Waals surface area (Å²) in [7, 11) is 0. The summed E-state index contributed by atoms with van der Waals surface area (Å²) in [6, 6.07) is -0.394. The molecule has 4 unspecified atom stereocenters. The number of ether oxygens (including phenoxy) is 1. The van der Waals surface area contributed by atoms with Gasteiger partial charge in [-0.1, -0.05) is 38.3 Å². The summed E-state index contributed by atoms with van der Waals surface area (Å²) in [4.78, 5) is 41.1. The Morgan fingerprint density at radius 1 is 1.17 bits per heavy atom. The van der Waals surface area contributed by atoms with Crippen molar-refractivity contribution in [3.8, 4) is 0 Å². The summed E-state index contributed by atoms with van der Waals surface area (Å²) in [6.07, 6.45) is 6.34. The fourth-order valence-corrected chi connectivity index (χ4v) is 3.71. The van der Waals surface area contributed by atoms with E-state index in [1.807, 2.05) is 0 Å². The Kier molecular flexibility index (Phi) is 8.38. The molecular formula is C20H32N5O4+. The Morgan fingerprint density at radius 2 is 1.79 bits per heavy atom. The first-order chi connectivity index (χ1) is 13.9. The number of imide groups is 1. The van der Waals surface area contributed by atoms with Gasteiger partial charge in [0, 0.05) is 6.54 Å². The van der Waals surface area contributed by atoms with Crippen LogP contribution in [0, 0.1) is 11.8 Å². The fraction of sp³-hybridized carbons (Fsp3) is 0.600. The first-order valence-corrected chi connectivity index (χ1v) is 10.1. The van der Waals surface area contributed by atoms with Gasteiger partial charge in [-0.2, -0.15) is 5.32 Å². The molecule has 0 aromatic carbocycles. The van der Waals surface area contributed by atoms with Gasteiger partial charge in [-0.25, -0.2) is 4.79 Å². The average molecular weight is 407 g/mol. The molecule has 9 heteroatoms. The van der Waals surface area contributed by atoms with Crippen LogP contribution >= 0.6 is 0 Å². The van der Waals surface area contributed by atoms with Crippen molar-refractivity contribution in [3.63, 3.8) is 0 Å². The van der Waals surface area contributed by atoms with Gasteiger partial charge in [-0.3, -0.25) is 25.2 Å². The summed E-state index contributed by atoms with van der Waals surface area (Å²) in [6.45, 7) is 10.4. The van der Waals surface area contributed by atoms with E-state index in [0.717, 1.165) is 25.7 Å². The minimum atomic E-state index is -0.569. The first kappa shape index (κ1) is 22.6. The standard InChI is InChI=1S/C20H31N5O4/c1-4-7-8-9-10-23-20(28)24-19(21)22-11-12-25-17(26)15-13(5-2)29-14(6-3)16(15)18(25)27/h5-6,13-16H,2-4,7-12H2,1H3,(H4,21,22,23,24,28)/p+1. The summed E-state index contributed by atoms with van der Waals surface area (Å²) in [5.41, 5.74) is 5.76. The van der Waals surface area contributed by atoms with E-state index in [1.165, 1.54) is 4.90 Å². The van der Waals surface area contributed by atoms with E-state index in [1.54, 1.807) is 12.2 Å². The monoisotopic (exact) mass is 406 g/mol. The van der Waals surface area contributed by atoms with Crippen LogP contribution in [-0.2, 0) is 14.3 Å². The second-order valence-electron chi connectivity index (χ2n) is 7.20. The molecule has 2 heterocycles. The summed E-state index contributed by atoms with van der Waals surface area (Å²) >= 11 is 0. The molecule has 2 saturated heterocycles. The molecule has 5 N–H and O–H groups in total. The van der Waals surface area contributed by atoms with Crippen LogP contribution in [0.1, 0.15) is 32.6 Å². The van der Waals surface area contributed by atoms with Crippen LogP contribution in [0.15, 0.2) is 25.3 Å². The van der Waals surface area contributed by atoms with Crippen molar-refractivity contribution in [2.75, 3.05) is 19.6 Å². The lowest BCUT2D eigenvalue weighted by molar-refractivity contribution is -0.459. The number of nitrogens with two attached hydrogens (primary N) is 1. The Labute approximate surface area is 171 Å². The van der Waals surface area contributed by atoms with E-state index in [4.69, 9.17) is 10.5 Å². The van der Waals surface area contributed by atoms with Gasteiger partial charge in [0.05, 0.1) is 37.1 Å². The highest BCUT2D eigenvalue weighted by molar-refractivity contribution is 6.06. The summed E-state index contributed by atoms with van der Waals surface area (Å²) < 4.78 is 5.66. The molecule has 2 fully saturated rings. The lowest BCUT2D eigenvalue weighted by Crippen LogP contribution is -2.81. The van der Waals surface area contributed by atoms with Gasteiger partial charge < -0.3 is 10.1 Å². The predicted octanol–water partition coefficient (Wildman–Crippen LogP) is -0.998. The SMILES string of the molecule is C=CC1OC(C=C)C2C(=O)N(CC[NH+]=C(N)NC(=O)NCCCCCC)C(=O)C12. The normalized spacial score (nSPS) is 26.4. The average Bonchev–Trinajstić information content (AvgIpc) is 3.19. The van der Waals surface area contributed by atoms with E-state index in [0.29, 0.717) is 6.54 Å². The second-order valence-corrected chi connectivity index (χ2v) is 7.20. The van der Waals surface area contributed by atoms with Crippen LogP contribution in [0.5, 0.6) is 0 Å². The van der Waals surface area contributed by atoms with Gasteiger partial charge in [0.1, 0.15) is 0 Å². The van der Waals surface area contributed by atoms with Crippen molar-refractivity contribution < 1.29 is 24.1 Å². The maximum absolute atomic E-state index is 12.7. The van der Waals surface area contributed by atoms with Gasteiger partial charge in [-0.05, 0) is 6.42 Å². The van der Waals surface area contributed by atoms with Crippen LogP contribution in [0.3, 0.4) is 0 Å². The largest absolute Gasteiger partial charge is 0.379 e. The predicted molar refractivity (Wildman–Crippen MR) is 108 cm³/mol. The molecule has 0 spiro atoms. The van der Waals surface area contributed by atoms with Crippen LogP contribution in [0.2, 0.25) is 0 Å². The number of amides is 4. The third-order valence-electron chi connectivity index (χ3n) is 5.19. The number of rotatable bonds is 10. The van der Waals surface area contributed by atoms with Gasteiger partial charge in [0.15, 0.2) is 0 Å². The lowest BCUT2D eigenvalue weighted by Gasteiger charge is -2.18. The highest BCUT2D eigenvalue weighted by atomic mass is 16.5. The zero-order valence-corrected chi connectivity index (χ0v) is 17.0. The van der Waals surface area contributed by atoms with E-state index in [9.17, 15) is 14.4 Å². The van der Waals surface area contributed by atoms with Crippen LogP contribution in [0.4, 0.5) is 4.79 Å². The number of nitrogens with one attached hydrogen (secondary N) is 3. The van der Waals surface area contributed by atoms with Crippen molar-refractivity contribution in [2.24, 2.45) is 17.6 Å². The molecule has 0 aliphatic carbocycles. The minimum absolute atomic E-state index is 0.0617. The summed E-state index contributed by atoms with van der Waals surface area (Å²) in [5.74, 6) is -1.65. The Bertz CT molecular complexity index is 646. The number of urea groups is 1. The Morgan fingerprint density at radius 3 is 2.34 bits per heavy atom. The van der Waals surface area contributed by atoms with Crippen molar-refractivity contribution >= 4 is 23.8 Å². The smallest absolute Gasteiger partial charge is 0.365 e. The number of carbonyl (C=O) groups is 3. The molecule has 4 atom stereocenters. The molecule has 0 aromatic heterocycles. The Balaban J connectivity index is 1.81. The second kappa shape index (κ2) is 10.8. The molecule has 9 nitrogen and oxygen atoms in total. The highest BCUT2D eigenvalue weighted by Gasteiger charge is 2.58. The molecule has 160 valence electrons. The van der Waals surface area contributed by atoms with Crippen LogP contribution in [-0.4, -0.2) is 60.5 Å². The van der Waals surface area contributed by atoms with Crippen LogP contribution < -0.4 is 21.4 Å². The van der Waals surface area contributed by atoms with Crippen molar-refractivity contribution in [2.45, 2.75) is 44.8 Å². The summed E-state index contributed by atoms with van der Waals surface area (Å²) in [5, 5.41) is 5.21. The first-order valence-electron chi connectivity index (χ1n) is 10.1. The van der Waals surface area contributed by atoms with Crippen molar-refractivity contribution in [3.05, 3.63) is 25.3 Å². The molecule has 2 rings (SSSR count). The number of hydrogen-bond donors (Lipinski definition) is 4. The zero-order valence-electron chi connectivity index (χ0n) is 17.0. The topological polar surface area (TPSA) is 128 Å². The number of unbranched alkanes of at least 4 members (excludes halogenated alkanes) is 3. The number of likely N-dealkylation sites (tertiary alicyclic amines) is 1. The van der Waals surface area contributed by atoms with Crippen molar-refractivity contribution in [1.29, 1.82) is 0 Å². The molecule has 2 aliphatic rings. The van der Waals surface area contributed by atoms with Gasteiger partial charge in [-0.15, -0.1) is 13.2 Å². The molecule has 2 aliphatic heterocycles. The van der Waals surface area contributed by atoms with Gasteiger partial charge >= 0.3 is 12.0 Å². The molecule has 0 radical (unpaired) electrons. The quantitative estimate of drug-likeness (QED) is 0.122. The minimum Gasteiger partial charge on any atom is -0.365 e. The fourth-order valence-electron chi connectivity index (χ4n) is 3.71. The van der Waals surface area contributed by atoms with Gasteiger partial charge in [0.2, 0.25) is 11.8 Å².